The molecule has 1 aliphatic rings. The monoisotopic (exact) mass is 476 g/mol. The van der Waals surface area contributed by atoms with Crippen LogP contribution in [0.1, 0.15) is 19.8 Å². The van der Waals surface area contributed by atoms with Gasteiger partial charge in [0.1, 0.15) is 12.1 Å². The van der Waals surface area contributed by atoms with E-state index in [1.54, 1.807) is 35.2 Å². The van der Waals surface area contributed by atoms with Gasteiger partial charge in [0.25, 0.3) is 0 Å². The first-order valence-corrected chi connectivity index (χ1v) is 10.4. The molecule has 0 spiro atoms. The summed E-state index contributed by atoms with van der Waals surface area (Å²) in [5.74, 6) is -1.84. The second-order valence-corrected chi connectivity index (χ2v) is 7.97. The number of Topliss-reactive ketones (excluding diaryl/α,β-unsaturated/α-hetero) is 1. The Morgan fingerprint density at radius 1 is 1.20 bits per heavy atom. The minimum absolute atomic E-state index is 0.00702. The molecule has 1 fully saturated rings. The number of carbonyl (C=O) groups excluding carboxylic acids is 1. The van der Waals surface area contributed by atoms with Gasteiger partial charge in [-0.3, -0.25) is 9.69 Å². The van der Waals surface area contributed by atoms with Gasteiger partial charge in [-0.2, -0.15) is 5.26 Å². The minimum Gasteiger partial charge on any atom is -0.479 e. The van der Waals surface area contributed by atoms with Crippen molar-refractivity contribution in [2.75, 3.05) is 13.1 Å². The van der Waals surface area contributed by atoms with Gasteiger partial charge < -0.3 is 14.6 Å². The van der Waals surface area contributed by atoms with Crippen LogP contribution in [0.3, 0.4) is 0 Å². The second-order valence-electron chi connectivity index (χ2n) is 7.05. The molecular weight excluding hydrogens is 455 g/mol. The van der Waals surface area contributed by atoms with Crippen LogP contribution in [0, 0.1) is 23.1 Å². The Bertz CT molecular complexity index is 943. The van der Waals surface area contributed by atoms with E-state index in [1.165, 1.54) is 19.1 Å². The number of halogens is 2. The third-order valence-electron chi connectivity index (χ3n) is 4.93. The molecule has 1 heterocycles. The lowest BCUT2D eigenvalue weighted by molar-refractivity contribution is -0.134. The van der Waals surface area contributed by atoms with Crippen LogP contribution < -0.4 is 9.47 Å². The summed E-state index contributed by atoms with van der Waals surface area (Å²) in [4.78, 5) is 14.5. The lowest BCUT2D eigenvalue weighted by atomic mass is 9.99. The van der Waals surface area contributed by atoms with E-state index in [-0.39, 0.29) is 17.2 Å². The van der Waals surface area contributed by atoms with Gasteiger partial charge in [0.05, 0.1) is 6.07 Å². The maximum Gasteiger partial charge on any atom is 0.194 e. The molecule has 0 aliphatic carbocycles. The maximum atomic E-state index is 14.1. The zero-order valence-corrected chi connectivity index (χ0v) is 18.0. The number of hydrogen-bond donors (Lipinski definition) is 1. The fraction of sp³-hybridized carbons (Fsp3) is 0.364. The Labute approximate surface area is 183 Å². The summed E-state index contributed by atoms with van der Waals surface area (Å²) in [5, 5.41) is 19.9. The molecule has 3 atom stereocenters. The molecule has 6 nitrogen and oxygen atoms in total. The van der Waals surface area contributed by atoms with E-state index in [4.69, 9.17) is 9.47 Å². The summed E-state index contributed by atoms with van der Waals surface area (Å²) in [5.41, 5.74) is 0. The molecule has 0 radical (unpaired) electrons. The second kappa shape index (κ2) is 10.0. The summed E-state index contributed by atoms with van der Waals surface area (Å²) in [7, 11) is 0. The number of nitrogens with zero attached hydrogens (tertiary/aromatic N) is 2. The molecule has 0 amide bonds. The number of rotatable bonds is 8. The highest BCUT2D eigenvalue weighted by Crippen LogP contribution is 2.34. The Morgan fingerprint density at radius 2 is 1.87 bits per heavy atom. The average Bonchev–Trinajstić information content (AvgIpc) is 3.26. The molecular formula is C22H22BrFN2O4. The highest BCUT2D eigenvalue weighted by atomic mass is 79.9. The van der Waals surface area contributed by atoms with Gasteiger partial charge in [-0.1, -0.05) is 28.1 Å². The molecule has 2 aromatic carbocycles. The highest BCUT2D eigenvalue weighted by molar-refractivity contribution is 9.10. The molecule has 1 aliphatic heterocycles. The highest BCUT2D eigenvalue weighted by Gasteiger charge is 2.36. The normalized spacial score (nSPS) is 17.0. The number of likely N-dealkylation sites (tertiary alicyclic amines) is 1. The van der Waals surface area contributed by atoms with E-state index >= 15 is 0 Å². The number of nitriles is 1. The number of para-hydroxylation sites is 2. The molecule has 0 bridgehead atoms. The third kappa shape index (κ3) is 5.17. The molecule has 158 valence electrons. The lowest BCUT2D eigenvalue weighted by Gasteiger charge is -2.27. The van der Waals surface area contributed by atoms with Crippen LogP contribution in [0.25, 0.3) is 0 Å². The van der Waals surface area contributed by atoms with Gasteiger partial charge in [-0.25, -0.2) is 4.39 Å². The van der Waals surface area contributed by atoms with Crippen molar-refractivity contribution in [1.29, 1.82) is 5.26 Å². The van der Waals surface area contributed by atoms with Crippen LogP contribution in [0.15, 0.2) is 46.9 Å². The van der Waals surface area contributed by atoms with E-state index in [2.05, 4.69) is 15.9 Å². The van der Waals surface area contributed by atoms with Gasteiger partial charge in [-0.05, 0) is 50.1 Å². The Hall–Kier alpha value is -2.47. The van der Waals surface area contributed by atoms with Crippen LogP contribution in [-0.4, -0.2) is 41.2 Å². The summed E-state index contributed by atoms with van der Waals surface area (Å²) in [6.45, 7) is 2.81. The van der Waals surface area contributed by atoms with Crippen molar-refractivity contribution in [3.63, 3.8) is 0 Å². The summed E-state index contributed by atoms with van der Waals surface area (Å²) in [6.07, 6.45) is -0.328. The fourth-order valence-corrected chi connectivity index (χ4v) is 3.64. The summed E-state index contributed by atoms with van der Waals surface area (Å²) < 4.78 is 26.1. The van der Waals surface area contributed by atoms with Crippen molar-refractivity contribution in [2.24, 2.45) is 5.92 Å². The molecule has 0 saturated carbocycles. The minimum atomic E-state index is -1.23. The van der Waals surface area contributed by atoms with Crippen molar-refractivity contribution < 1.29 is 23.8 Å². The maximum absolute atomic E-state index is 14.1. The first kappa shape index (κ1) is 22.2. The average molecular weight is 477 g/mol. The SMILES string of the molecule is CC(Oc1ccccc1Oc1ccc(Br)cc1F)C(=O)C(C#N)C(O)N1CCCC1. The van der Waals surface area contributed by atoms with Crippen molar-refractivity contribution in [3.05, 3.63) is 52.8 Å². The molecule has 0 aromatic heterocycles. The fourth-order valence-electron chi connectivity index (χ4n) is 3.30. The first-order chi connectivity index (χ1) is 14.4. The van der Waals surface area contributed by atoms with Crippen LogP contribution in [0.2, 0.25) is 0 Å². The predicted molar refractivity (Wildman–Crippen MR) is 112 cm³/mol. The number of carbonyl (C=O) groups is 1. The quantitative estimate of drug-likeness (QED) is 0.612. The van der Waals surface area contributed by atoms with Crippen molar-refractivity contribution in [1.82, 2.24) is 4.90 Å². The van der Waals surface area contributed by atoms with E-state index in [1.807, 2.05) is 6.07 Å². The van der Waals surface area contributed by atoms with Crippen LogP contribution in [-0.2, 0) is 4.79 Å². The standard InChI is InChI=1S/C22H22BrFN2O4/c1-14(21(27)16(13-25)22(28)26-10-4-5-11-26)29-19-6-2-3-7-20(19)30-18-9-8-15(23)12-17(18)24/h2-3,6-9,12,14,16,22,28H,4-5,10-11H2,1H3. The van der Waals surface area contributed by atoms with Gasteiger partial charge in [0.15, 0.2) is 35.0 Å². The molecule has 3 rings (SSSR count). The Kier molecular flexibility index (Phi) is 7.43. The smallest absolute Gasteiger partial charge is 0.194 e. The number of benzene rings is 2. The summed E-state index contributed by atoms with van der Waals surface area (Å²) >= 11 is 3.19. The third-order valence-corrected chi connectivity index (χ3v) is 5.42. The van der Waals surface area contributed by atoms with Gasteiger partial charge in [-0.15, -0.1) is 0 Å². The summed E-state index contributed by atoms with van der Waals surface area (Å²) in [6, 6.07) is 12.9. The Morgan fingerprint density at radius 3 is 2.50 bits per heavy atom. The molecule has 8 heteroatoms. The topological polar surface area (TPSA) is 82.8 Å². The number of aliphatic hydroxyl groups is 1. The van der Waals surface area contributed by atoms with Crippen LogP contribution >= 0.6 is 15.9 Å². The van der Waals surface area contributed by atoms with Crippen LogP contribution in [0.4, 0.5) is 4.39 Å². The van der Waals surface area contributed by atoms with E-state index in [0.29, 0.717) is 17.6 Å². The van der Waals surface area contributed by atoms with Gasteiger partial charge in [0.2, 0.25) is 0 Å². The molecule has 2 aromatic rings. The first-order valence-electron chi connectivity index (χ1n) is 9.64. The molecule has 1 saturated heterocycles. The zero-order chi connectivity index (χ0) is 21.7. The zero-order valence-electron chi connectivity index (χ0n) is 16.4. The largest absolute Gasteiger partial charge is 0.479 e. The number of hydrogen-bond acceptors (Lipinski definition) is 6. The van der Waals surface area contributed by atoms with Crippen molar-refractivity contribution >= 4 is 21.7 Å². The number of ketones is 1. The van der Waals surface area contributed by atoms with E-state index < -0.39 is 29.9 Å². The van der Waals surface area contributed by atoms with Gasteiger partial charge in [0, 0.05) is 17.6 Å². The molecule has 30 heavy (non-hydrogen) atoms. The van der Waals surface area contributed by atoms with Gasteiger partial charge >= 0.3 is 0 Å². The predicted octanol–water partition coefficient (Wildman–Crippen LogP) is 4.27. The number of aliphatic hydroxyl groups excluding tert-OH is 1. The van der Waals surface area contributed by atoms with Crippen LogP contribution in [0.5, 0.6) is 17.2 Å². The van der Waals surface area contributed by atoms with E-state index in [0.717, 1.165) is 12.8 Å². The van der Waals surface area contributed by atoms with Crippen molar-refractivity contribution in [2.45, 2.75) is 32.1 Å². The lowest BCUT2D eigenvalue weighted by Crippen LogP contribution is -2.45. The Balaban J connectivity index is 1.73. The number of ether oxygens (including phenoxy) is 2. The molecule has 1 N–H and O–H groups in total. The van der Waals surface area contributed by atoms with Crippen molar-refractivity contribution in [3.8, 4) is 23.3 Å². The molecule has 3 unspecified atom stereocenters. The van der Waals surface area contributed by atoms with E-state index in [9.17, 15) is 19.6 Å².